The number of carbonyl (C=O) groups is 1. The number of amides is 2. The quantitative estimate of drug-likeness (QED) is 0.932. The van der Waals surface area contributed by atoms with Crippen molar-refractivity contribution in [1.29, 1.82) is 0 Å². The lowest BCUT2D eigenvalue weighted by atomic mass is 10.0. The second kappa shape index (κ2) is 6.10. The van der Waals surface area contributed by atoms with E-state index < -0.39 is 0 Å². The molecule has 2 heterocycles. The summed E-state index contributed by atoms with van der Waals surface area (Å²) < 4.78 is 5.74. The van der Waals surface area contributed by atoms with Crippen molar-refractivity contribution >= 4 is 17.4 Å². The number of aromatic nitrogens is 1. The van der Waals surface area contributed by atoms with Gasteiger partial charge in [0.15, 0.2) is 0 Å². The smallest absolute Gasteiger partial charge is 0.317 e. The zero-order chi connectivity index (χ0) is 14.8. The number of carbonyl (C=O) groups excluding carboxylic acids is 1. The number of aryl methyl sites for hydroxylation is 2. The summed E-state index contributed by atoms with van der Waals surface area (Å²) >= 11 is 1.64. The molecule has 0 aromatic carbocycles. The number of nitrogens with zero attached hydrogens (tertiary/aromatic N) is 2. The van der Waals surface area contributed by atoms with Gasteiger partial charge in [-0.15, -0.1) is 11.3 Å². The summed E-state index contributed by atoms with van der Waals surface area (Å²) in [5.41, 5.74) is 0.827. The summed E-state index contributed by atoms with van der Waals surface area (Å²) in [5.74, 6) is 0. The molecule has 6 heteroatoms. The second-order valence-electron chi connectivity index (χ2n) is 5.48. The molecule has 1 aliphatic rings. The van der Waals surface area contributed by atoms with Crippen LogP contribution in [0, 0.1) is 13.8 Å². The van der Waals surface area contributed by atoms with Gasteiger partial charge in [0.25, 0.3) is 0 Å². The molecule has 20 heavy (non-hydrogen) atoms. The third-order valence-corrected chi connectivity index (χ3v) is 4.91. The number of thiazole rings is 1. The molecule has 0 bridgehead atoms. The molecule has 112 valence electrons. The van der Waals surface area contributed by atoms with Gasteiger partial charge in [-0.1, -0.05) is 6.92 Å². The normalized spacial score (nSPS) is 22.9. The third kappa shape index (κ3) is 3.49. The van der Waals surface area contributed by atoms with E-state index in [0.29, 0.717) is 26.2 Å². The zero-order valence-corrected chi connectivity index (χ0v) is 13.5. The van der Waals surface area contributed by atoms with Crippen LogP contribution in [0.5, 0.6) is 0 Å². The average molecular weight is 297 g/mol. The first kappa shape index (κ1) is 15.3. The molecule has 0 radical (unpaired) electrons. The number of ether oxygens (including phenoxy) is 1. The number of urea groups is 1. The van der Waals surface area contributed by atoms with Crippen molar-refractivity contribution < 1.29 is 9.53 Å². The molecule has 2 rings (SSSR count). The van der Waals surface area contributed by atoms with Gasteiger partial charge in [-0.2, -0.15) is 0 Å². The second-order valence-corrected chi connectivity index (χ2v) is 6.77. The molecular formula is C14H23N3O2S. The maximum Gasteiger partial charge on any atom is 0.317 e. The maximum absolute atomic E-state index is 12.2. The highest BCUT2D eigenvalue weighted by Gasteiger charge is 2.32. The van der Waals surface area contributed by atoms with Crippen LogP contribution < -0.4 is 5.32 Å². The van der Waals surface area contributed by atoms with Gasteiger partial charge in [0.05, 0.1) is 31.0 Å². The van der Waals surface area contributed by atoms with Crippen LogP contribution >= 0.6 is 11.3 Å². The lowest BCUT2D eigenvalue weighted by Gasteiger charge is -2.39. The molecule has 0 unspecified atom stereocenters. The van der Waals surface area contributed by atoms with Gasteiger partial charge < -0.3 is 15.0 Å². The van der Waals surface area contributed by atoms with E-state index in [0.717, 1.165) is 17.1 Å². The van der Waals surface area contributed by atoms with Crippen LogP contribution in [0.2, 0.25) is 0 Å². The Hall–Kier alpha value is -1.14. The first-order chi connectivity index (χ1) is 9.43. The minimum absolute atomic E-state index is 0.0292. The molecule has 1 fully saturated rings. The van der Waals surface area contributed by atoms with Crippen molar-refractivity contribution in [3.05, 3.63) is 15.6 Å². The van der Waals surface area contributed by atoms with Crippen LogP contribution in [0.4, 0.5) is 4.79 Å². The molecule has 1 aliphatic heterocycles. The lowest BCUT2D eigenvalue weighted by molar-refractivity contribution is -0.0872. The Balaban J connectivity index is 1.88. The summed E-state index contributed by atoms with van der Waals surface area (Å²) in [7, 11) is 0. The van der Waals surface area contributed by atoms with E-state index in [9.17, 15) is 4.79 Å². The Morgan fingerprint density at radius 2 is 2.30 bits per heavy atom. The molecule has 0 aliphatic carbocycles. The summed E-state index contributed by atoms with van der Waals surface area (Å²) in [5, 5.41) is 3.91. The van der Waals surface area contributed by atoms with Crippen LogP contribution in [0.25, 0.3) is 0 Å². The molecular weight excluding hydrogens is 274 g/mol. The lowest BCUT2D eigenvalue weighted by Crippen LogP contribution is -2.54. The molecule has 5 nitrogen and oxygen atoms in total. The summed E-state index contributed by atoms with van der Waals surface area (Å²) in [4.78, 5) is 19.7. The van der Waals surface area contributed by atoms with Gasteiger partial charge in [-0.3, -0.25) is 0 Å². The fourth-order valence-electron chi connectivity index (χ4n) is 2.20. The zero-order valence-electron chi connectivity index (χ0n) is 12.7. The van der Waals surface area contributed by atoms with Crippen molar-refractivity contribution in [2.45, 2.75) is 46.3 Å². The molecule has 0 saturated carbocycles. The van der Waals surface area contributed by atoms with Crippen LogP contribution in [0.3, 0.4) is 0 Å². The van der Waals surface area contributed by atoms with Crippen molar-refractivity contribution in [3.63, 3.8) is 0 Å². The van der Waals surface area contributed by atoms with Crippen molar-refractivity contribution in [1.82, 2.24) is 15.2 Å². The molecule has 2 amide bonds. The number of rotatable bonds is 3. The van der Waals surface area contributed by atoms with E-state index >= 15 is 0 Å². The van der Waals surface area contributed by atoms with Crippen LogP contribution in [-0.4, -0.2) is 41.2 Å². The predicted octanol–water partition coefficient (Wildman–Crippen LogP) is 2.47. The Labute approximate surface area is 124 Å². The monoisotopic (exact) mass is 297 g/mol. The van der Waals surface area contributed by atoms with Crippen molar-refractivity contribution in [2.75, 3.05) is 19.7 Å². The van der Waals surface area contributed by atoms with Gasteiger partial charge in [-0.05, 0) is 27.2 Å². The molecule has 0 spiro atoms. The fraction of sp³-hybridized carbons (Fsp3) is 0.714. The summed E-state index contributed by atoms with van der Waals surface area (Å²) in [6.45, 7) is 10.6. The SMILES string of the molecule is CC[C@]1(C)CN(C(=O)NCc2nc(C)c(C)s2)CCO1. The number of nitrogens with one attached hydrogen (secondary N) is 1. The minimum atomic E-state index is -0.218. The summed E-state index contributed by atoms with van der Waals surface area (Å²) in [6, 6.07) is -0.0292. The summed E-state index contributed by atoms with van der Waals surface area (Å²) in [6.07, 6.45) is 0.904. The first-order valence-electron chi connectivity index (χ1n) is 7.03. The third-order valence-electron chi connectivity index (χ3n) is 3.84. The molecule has 1 aromatic rings. The average Bonchev–Trinajstić information content (AvgIpc) is 2.75. The minimum Gasteiger partial charge on any atom is -0.372 e. The van der Waals surface area contributed by atoms with Crippen LogP contribution in [-0.2, 0) is 11.3 Å². The van der Waals surface area contributed by atoms with Gasteiger partial charge in [-0.25, -0.2) is 9.78 Å². The van der Waals surface area contributed by atoms with Gasteiger partial charge in [0.2, 0.25) is 0 Å². The van der Waals surface area contributed by atoms with Crippen molar-refractivity contribution in [3.8, 4) is 0 Å². The van der Waals surface area contributed by atoms with Gasteiger partial charge >= 0.3 is 6.03 Å². The highest BCUT2D eigenvalue weighted by Crippen LogP contribution is 2.21. The topological polar surface area (TPSA) is 54.5 Å². The molecule has 1 saturated heterocycles. The first-order valence-corrected chi connectivity index (χ1v) is 7.85. The highest BCUT2D eigenvalue weighted by atomic mass is 32.1. The van der Waals surface area contributed by atoms with Gasteiger partial charge in [0.1, 0.15) is 5.01 Å². The molecule has 1 aromatic heterocycles. The Morgan fingerprint density at radius 1 is 1.55 bits per heavy atom. The highest BCUT2D eigenvalue weighted by molar-refractivity contribution is 7.11. The predicted molar refractivity (Wildman–Crippen MR) is 80.0 cm³/mol. The number of hydrogen-bond donors (Lipinski definition) is 1. The molecule has 1 atom stereocenters. The largest absolute Gasteiger partial charge is 0.372 e. The molecule has 1 N–H and O–H groups in total. The number of hydrogen-bond acceptors (Lipinski definition) is 4. The number of morpholine rings is 1. The van der Waals surface area contributed by atoms with Crippen molar-refractivity contribution in [2.24, 2.45) is 0 Å². The van der Waals surface area contributed by atoms with E-state index in [1.165, 1.54) is 4.88 Å². The standard InChI is InChI=1S/C14H23N3O2S/c1-5-14(4)9-17(6-7-19-14)13(18)15-8-12-16-10(2)11(3)20-12/h5-9H2,1-4H3,(H,15,18)/t14-/m1/s1. The van der Waals surface area contributed by atoms with Gasteiger partial charge in [0, 0.05) is 11.4 Å². The van der Waals surface area contributed by atoms with E-state index in [2.05, 4.69) is 24.1 Å². The Morgan fingerprint density at radius 3 is 2.90 bits per heavy atom. The van der Waals surface area contributed by atoms with E-state index in [1.54, 1.807) is 11.3 Å². The Kier molecular flexibility index (Phi) is 4.65. The van der Waals surface area contributed by atoms with E-state index in [4.69, 9.17) is 4.74 Å². The van der Waals surface area contributed by atoms with Crippen LogP contribution in [0.1, 0.15) is 35.8 Å². The van der Waals surface area contributed by atoms with Crippen LogP contribution in [0.15, 0.2) is 0 Å². The Bertz CT molecular complexity index is 469. The maximum atomic E-state index is 12.2. The van der Waals surface area contributed by atoms with E-state index in [-0.39, 0.29) is 11.6 Å². The van der Waals surface area contributed by atoms with E-state index in [1.807, 2.05) is 18.7 Å². The fourth-order valence-corrected chi connectivity index (χ4v) is 3.07.